The summed E-state index contributed by atoms with van der Waals surface area (Å²) in [6.07, 6.45) is 0.625. The molecule has 0 bridgehead atoms. The smallest absolute Gasteiger partial charge is 0.311 e. The van der Waals surface area contributed by atoms with Gasteiger partial charge in [-0.2, -0.15) is 0 Å². The molecule has 0 saturated heterocycles. The van der Waals surface area contributed by atoms with Crippen molar-refractivity contribution in [1.29, 1.82) is 0 Å². The Kier molecular flexibility index (Phi) is 4.00. The van der Waals surface area contributed by atoms with Crippen molar-refractivity contribution in [3.05, 3.63) is 62.7 Å². The zero-order valence-electron chi connectivity index (χ0n) is 10.5. The van der Waals surface area contributed by atoms with Gasteiger partial charge in [0.05, 0.1) is 9.95 Å². The first-order valence-corrected chi connectivity index (χ1v) is 6.06. The van der Waals surface area contributed by atoms with Gasteiger partial charge in [0.1, 0.15) is 5.75 Å². The van der Waals surface area contributed by atoms with Gasteiger partial charge in [-0.15, -0.1) is 0 Å². The fourth-order valence-electron chi connectivity index (χ4n) is 1.65. The number of carbonyl (C=O) groups excluding carboxylic acids is 1. The molecule has 0 spiro atoms. The molecular formula is C14H10ClNO4. The quantitative estimate of drug-likeness (QED) is 0.482. The molecule has 0 radical (unpaired) electrons. The third kappa shape index (κ3) is 2.95. The lowest BCUT2D eigenvalue weighted by molar-refractivity contribution is -0.385. The number of ether oxygens (including phenoxy) is 1. The SMILES string of the molecule is Cc1ccc(Oc2ccc(C=O)c(Cl)c2)c([N+](=O)[O-])c1. The first-order valence-electron chi connectivity index (χ1n) is 5.69. The largest absolute Gasteiger partial charge is 0.450 e. The molecule has 6 heteroatoms. The van der Waals surface area contributed by atoms with E-state index in [0.717, 1.165) is 5.56 Å². The monoisotopic (exact) mass is 291 g/mol. The average Bonchev–Trinajstić information content (AvgIpc) is 2.41. The first-order chi connectivity index (χ1) is 9.51. The van der Waals surface area contributed by atoms with Crippen molar-refractivity contribution < 1.29 is 14.5 Å². The normalized spacial score (nSPS) is 10.1. The van der Waals surface area contributed by atoms with Crippen molar-refractivity contribution in [3.8, 4) is 11.5 Å². The Hall–Kier alpha value is -2.40. The van der Waals surface area contributed by atoms with Gasteiger partial charge in [-0.1, -0.05) is 17.7 Å². The molecule has 0 fully saturated rings. The van der Waals surface area contributed by atoms with Crippen molar-refractivity contribution in [2.75, 3.05) is 0 Å². The first kappa shape index (κ1) is 14.0. The van der Waals surface area contributed by atoms with Gasteiger partial charge in [0.25, 0.3) is 0 Å². The summed E-state index contributed by atoms with van der Waals surface area (Å²) < 4.78 is 5.46. The molecule has 0 aromatic heterocycles. The van der Waals surface area contributed by atoms with Crippen LogP contribution in [-0.4, -0.2) is 11.2 Å². The Labute approximate surface area is 119 Å². The molecule has 0 atom stereocenters. The second kappa shape index (κ2) is 5.71. The summed E-state index contributed by atoms with van der Waals surface area (Å²) >= 11 is 5.88. The molecule has 5 nitrogen and oxygen atoms in total. The number of hydrogen-bond acceptors (Lipinski definition) is 4. The van der Waals surface area contributed by atoms with E-state index in [0.29, 0.717) is 17.6 Å². The number of aldehydes is 1. The Morgan fingerprint density at radius 3 is 2.60 bits per heavy atom. The van der Waals surface area contributed by atoms with Gasteiger partial charge in [-0.25, -0.2) is 0 Å². The Morgan fingerprint density at radius 1 is 1.25 bits per heavy atom. The highest BCUT2D eigenvalue weighted by Gasteiger charge is 2.16. The van der Waals surface area contributed by atoms with Crippen LogP contribution < -0.4 is 4.74 Å². The Morgan fingerprint density at radius 2 is 2.00 bits per heavy atom. The minimum Gasteiger partial charge on any atom is -0.450 e. The van der Waals surface area contributed by atoms with Crippen LogP contribution in [0.1, 0.15) is 15.9 Å². The van der Waals surface area contributed by atoms with Crippen molar-refractivity contribution in [2.45, 2.75) is 6.92 Å². The predicted molar refractivity (Wildman–Crippen MR) is 74.7 cm³/mol. The van der Waals surface area contributed by atoms with E-state index in [2.05, 4.69) is 0 Å². The lowest BCUT2D eigenvalue weighted by Gasteiger charge is -2.07. The highest BCUT2D eigenvalue weighted by atomic mass is 35.5. The average molecular weight is 292 g/mol. The number of hydrogen-bond donors (Lipinski definition) is 0. The van der Waals surface area contributed by atoms with E-state index >= 15 is 0 Å². The van der Waals surface area contributed by atoms with Gasteiger partial charge in [-0.3, -0.25) is 14.9 Å². The number of halogens is 1. The summed E-state index contributed by atoms with van der Waals surface area (Å²) in [5, 5.41) is 11.2. The Bertz CT molecular complexity index is 685. The fraction of sp³-hybridized carbons (Fsp3) is 0.0714. The van der Waals surface area contributed by atoms with E-state index < -0.39 is 4.92 Å². The molecule has 0 aliphatic rings. The fourth-order valence-corrected chi connectivity index (χ4v) is 1.87. The van der Waals surface area contributed by atoms with Gasteiger partial charge in [-0.05, 0) is 30.7 Å². The molecule has 0 aliphatic heterocycles. The molecule has 2 aromatic carbocycles. The van der Waals surface area contributed by atoms with Crippen LogP contribution in [-0.2, 0) is 0 Å². The summed E-state index contributed by atoms with van der Waals surface area (Å²) in [7, 11) is 0. The van der Waals surface area contributed by atoms with E-state index in [1.807, 2.05) is 0 Å². The third-order valence-corrected chi connectivity index (χ3v) is 2.97. The predicted octanol–water partition coefficient (Wildman–Crippen LogP) is 4.16. The molecule has 20 heavy (non-hydrogen) atoms. The maximum Gasteiger partial charge on any atom is 0.311 e. The van der Waals surface area contributed by atoms with Gasteiger partial charge >= 0.3 is 5.69 Å². The zero-order valence-corrected chi connectivity index (χ0v) is 11.3. The summed E-state index contributed by atoms with van der Waals surface area (Å²) in [6, 6.07) is 9.12. The van der Waals surface area contributed by atoms with Crippen molar-refractivity contribution in [2.24, 2.45) is 0 Å². The van der Waals surface area contributed by atoms with Gasteiger partial charge < -0.3 is 4.74 Å². The maximum atomic E-state index is 11.0. The maximum absolute atomic E-state index is 11.0. The van der Waals surface area contributed by atoms with E-state index in [9.17, 15) is 14.9 Å². The summed E-state index contributed by atoms with van der Waals surface area (Å²) in [5.74, 6) is 0.447. The van der Waals surface area contributed by atoms with Crippen molar-refractivity contribution in [3.63, 3.8) is 0 Å². The number of nitro benzene ring substituents is 1. The van der Waals surface area contributed by atoms with Crippen LogP contribution in [0.5, 0.6) is 11.5 Å². The molecule has 2 aromatic rings. The van der Waals surface area contributed by atoms with Gasteiger partial charge in [0, 0.05) is 17.7 Å². The number of nitrogens with zero attached hydrogens (tertiary/aromatic N) is 1. The minimum atomic E-state index is -0.510. The number of rotatable bonds is 4. The molecule has 102 valence electrons. The van der Waals surface area contributed by atoms with Crippen LogP contribution >= 0.6 is 11.6 Å². The number of benzene rings is 2. The third-order valence-electron chi connectivity index (χ3n) is 2.64. The molecular weight excluding hydrogens is 282 g/mol. The van der Waals surface area contributed by atoms with E-state index in [1.54, 1.807) is 13.0 Å². The van der Waals surface area contributed by atoms with E-state index in [4.69, 9.17) is 16.3 Å². The molecule has 0 aliphatic carbocycles. The van der Waals surface area contributed by atoms with Crippen LogP contribution in [0.15, 0.2) is 36.4 Å². The van der Waals surface area contributed by atoms with Crippen LogP contribution in [0.4, 0.5) is 5.69 Å². The van der Waals surface area contributed by atoms with Crippen LogP contribution in [0.25, 0.3) is 0 Å². The van der Waals surface area contributed by atoms with Crippen LogP contribution in [0.2, 0.25) is 5.02 Å². The van der Waals surface area contributed by atoms with E-state index in [1.165, 1.54) is 30.3 Å². The van der Waals surface area contributed by atoms with Crippen molar-refractivity contribution >= 4 is 23.6 Å². The molecule has 0 heterocycles. The second-order valence-electron chi connectivity index (χ2n) is 4.13. The van der Waals surface area contributed by atoms with Crippen LogP contribution in [0, 0.1) is 17.0 Å². The van der Waals surface area contributed by atoms with Crippen LogP contribution in [0.3, 0.4) is 0 Å². The van der Waals surface area contributed by atoms with Crippen molar-refractivity contribution in [1.82, 2.24) is 0 Å². The minimum absolute atomic E-state index is 0.121. The standard InChI is InChI=1S/C14H10ClNO4/c1-9-2-5-14(13(6-9)16(18)19)20-11-4-3-10(8-17)12(15)7-11/h2-8H,1H3. The lowest BCUT2D eigenvalue weighted by atomic mass is 10.2. The Balaban J connectivity index is 2.37. The highest BCUT2D eigenvalue weighted by molar-refractivity contribution is 6.33. The molecule has 0 saturated carbocycles. The van der Waals surface area contributed by atoms with Gasteiger partial charge in [0.15, 0.2) is 6.29 Å². The van der Waals surface area contributed by atoms with Gasteiger partial charge in [0.2, 0.25) is 5.75 Å². The zero-order chi connectivity index (χ0) is 14.7. The number of carbonyl (C=O) groups is 1. The second-order valence-corrected chi connectivity index (χ2v) is 4.54. The summed E-state index contributed by atoms with van der Waals surface area (Å²) in [5.41, 5.74) is 0.969. The number of nitro groups is 1. The molecule has 2 rings (SSSR count). The number of aryl methyl sites for hydroxylation is 1. The topological polar surface area (TPSA) is 69.4 Å². The molecule has 0 unspecified atom stereocenters. The molecule has 0 N–H and O–H groups in total. The lowest BCUT2D eigenvalue weighted by Crippen LogP contribution is -1.94. The molecule has 0 amide bonds. The highest BCUT2D eigenvalue weighted by Crippen LogP contribution is 2.33. The summed E-state index contributed by atoms with van der Waals surface area (Å²) in [6.45, 7) is 1.76. The van der Waals surface area contributed by atoms with E-state index in [-0.39, 0.29) is 16.5 Å². The summed E-state index contributed by atoms with van der Waals surface area (Å²) in [4.78, 5) is 21.1.